The van der Waals surface area contributed by atoms with Crippen molar-refractivity contribution < 1.29 is 27.4 Å². The van der Waals surface area contributed by atoms with Gasteiger partial charge in [0.05, 0.1) is 25.4 Å². The van der Waals surface area contributed by atoms with E-state index >= 15 is 0 Å². The van der Waals surface area contributed by atoms with Gasteiger partial charge in [-0.25, -0.2) is 13.2 Å². The fourth-order valence-corrected chi connectivity index (χ4v) is 5.74. The van der Waals surface area contributed by atoms with Crippen molar-refractivity contribution in [3.8, 4) is 5.75 Å². The van der Waals surface area contributed by atoms with Crippen LogP contribution in [0.2, 0.25) is 0 Å². The van der Waals surface area contributed by atoms with Crippen LogP contribution in [0.3, 0.4) is 0 Å². The summed E-state index contributed by atoms with van der Waals surface area (Å²) in [6.45, 7) is 6.84. The molecule has 0 spiro atoms. The minimum Gasteiger partial charge on any atom is -0.493 e. The summed E-state index contributed by atoms with van der Waals surface area (Å²) < 4.78 is 61.7. The first-order valence-corrected chi connectivity index (χ1v) is 13.7. The van der Waals surface area contributed by atoms with Gasteiger partial charge in [0.2, 0.25) is 0 Å². The van der Waals surface area contributed by atoms with E-state index in [9.17, 15) is 13.2 Å². The molecule has 202 valence electrons. The predicted octanol–water partition coefficient (Wildman–Crippen LogP) is 8.36. The topological polar surface area (TPSA) is 27.7 Å². The molecule has 2 saturated carbocycles. The Balaban J connectivity index is 1.26. The number of hydrogen-bond acceptors (Lipinski definition) is 3. The molecule has 0 atom stereocenters. The van der Waals surface area contributed by atoms with E-state index in [0.717, 1.165) is 51.4 Å². The molecule has 0 aromatic heterocycles. The molecule has 0 bridgehead atoms. The lowest BCUT2D eigenvalue weighted by Crippen LogP contribution is -2.22. The smallest absolute Gasteiger partial charge is 0.164 e. The maximum atomic E-state index is 14.9. The summed E-state index contributed by atoms with van der Waals surface area (Å²) in [5, 5.41) is 0. The Bertz CT molecular complexity index is 1020. The van der Waals surface area contributed by atoms with Gasteiger partial charge in [-0.05, 0) is 93.7 Å². The van der Waals surface area contributed by atoms with E-state index in [0.29, 0.717) is 36.5 Å². The normalized spacial score (nSPS) is 24.1. The van der Waals surface area contributed by atoms with E-state index in [1.165, 1.54) is 6.07 Å². The van der Waals surface area contributed by atoms with Crippen molar-refractivity contribution in [3.63, 3.8) is 0 Å². The number of halogens is 3. The quantitative estimate of drug-likeness (QED) is 0.222. The third-order valence-electron chi connectivity index (χ3n) is 7.86. The van der Waals surface area contributed by atoms with Crippen LogP contribution >= 0.6 is 0 Å². The second kappa shape index (κ2) is 13.5. The molecule has 3 nitrogen and oxygen atoms in total. The Hall–Kier alpha value is -2.31. The molecule has 2 aromatic carbocycles. The second-order valence-electron chi connectivity index (χ2n) is 10.3. The van der Waals surface area contributed by atoms with Crippen molar-refractivity contribution in [3.05, 3.63) is 77.1 Å². The van der Waals surface area contributed by atoms with E-state index in [1.807, 2.05) is 19.1 Å². The average molecular weight is 517 g/mol. The van der Waals surface area contributed by atoms with Gasteiger partial charge in [0.15, 0.2) is 11.6 Å². The van der Waals surface area contributed by atoms with E-state index in [-0.39, 0.29) is 42.0 Å². The fraction of sp³-hybridized carbons (Fsp3) is 0.548. The van der Waals surface area contributed by atoms with Crippen molar-refractivity contribution in [2.45, 2.75) is 95.4 Å². The SMILES string of the molecule is C=CCCOc1ccc(C2CCC(OCc3ccc(C4CCC(OCC)CC4)c(F)c3F)CC2)c(F)c1. The average Bonchev–Trinajstić information content (AvgIpc) is 2.91. The van der Waals surface area contributed by atoms with Crippen LogP contribution in [0.1, 0.15) is 93.2 Å². The molecule has 2 aliphatic rings. The molecular formula is C31H39F3O3. The molecule has 2 fully saturated rings. The molecule has 2 aliphatic carbocycles. The van der Waals surface area contributed by atoms with Crippen LogP contribution in [0.5, 0.6) is 5.75 Å². The van der Waals surface area contributed by atoms with Gasteiger partial charge < -0.3 is 14.2 Å². The number of ether oxygens (including phenoxy) is 3. The standard InChI is InChI=1S/C31H39F3O3/c1-3-5-18-36-26-15-17-27(29(32)19-26)21-6-13-25(14-7-21)37-20-23-10-16-28(31(34)30(23)33)22-8-11-24(12-9-22)35-4-2/h3,10,15-17,19,21-22,24-25H,1,4-9,11-14,18,20H2,2H3. The lowest BCUT2D eigenvalue weighted by Gasteiger charge is -2.30. The summed E-state index contributed by atoms with van der Waals surface area (Å²) in [5.74, 6) is -1.10. The largest absolute Gasteiger partial charge is 0.493 e. The summed E-state index contributed by atoms with van der Waals surface area (Å²) in [5.41, 5.74) is 1.42. The molecule has 0 saturated heterocycles. The minimum absolute atomic E-state index is 0.0321. The maximum absolute atomic E-state index is 14.9. The van der Waals surface area contributed by atoms with Gasteiger partial charge in [0, 0.05) is 18.2 Å². The lowest BCUT2D eigenvalue weighted by atomic mass is 9.82. The van der Waals surface area contributed by atoms with Gasteiger partial charge in [-0.15, -0.1) is 6.58 Å². The van der Waals surface area contributed by atoms with Gasteiger partial charge in [-0.2, -0.15) is 0 Å². The lowest BCUT2D eigenvalue weighted by molar-refractivity contribution is 0.0116. The molecule has 0 N–H and O–H groups in total. The molecule has 0 unspecified atom stereocenters. The van der Waals surface area contributed by atoms with Crippen LogP contribution in [0, 0.1) is 17.5 Å². The highest BCUT2D eigenvalue weighted by Gasteiger charge is 2.28. The van der Waals surface area contributed by atoms with Crippen LogP contribution in [-0.2, 0) is 16.1 Å². The third-order valence-corrected chi connectivity index (χ3v) is 7.86. The summed E-state index contributed by atoms with van der Waals surface area (Å²) in [6, 6.07) is 8.48. The Kier molecular flexibility index (Phi) is 10.1. The summed E-state index contributed by atoms with van der Waals surface area (Å²) >= 11 is 0. The van der Waals surface area contributed by atoms with Crippen molar-refractivity contribution in [1.82, 2.24) is 0 Å². The summed E-state index contributed by atoms with van der Waals surface area (Å²) in [6.07, 6.45) is 9.14. The van der Waals surface area contributed by atoms with Crippen molar-refractivity contribution in [2.24, 2.45) is 0 Å². The van der Waals surface area contributed by atoms with Crippen molar-refractivity contribution in [2.75, 3.05) is 13.2 Å². The zero-order valence-electron chi connectivity index (χ0n) is 21.8. The molecular weight excluding hydrogens is 477 g/mol. The van der Waals surface area contributed by atoms with Crippen LogP contribution < -0.4 is 4.74 Å². The second-order valence-corrected chi connectivity index (χ2v) is 10.3. The van der Waals surface area contributed by atoms with Crippen LogP contribution in [-0.4, -0.2) is 25.4 Å². The number of hydrogen-bond donors (Lipinski definition) is 0. The van der Waals surface area contributed by atoms with Crippen LogP contribution in [0.15, 0.2) is 43.0 Å². The van der Waals surface area contributed by atoms with Crippen molar-refractivity contribution >= 4 is 0 Å². The van der Waals surface area contributed by atoms with Gasteiger partial charge in [-0.3, -0.25) is 0 Å². The molecule has 0 radical (unpaired) electrons. The molecule has 0 aliphatic heterocycles. The van der Waals surface area contributed by atoms with Crippen LogP contribution in [0.25, 0.3) is 0 Å². The summed E-state index contributed by atoms with van der Waals surface area (Å²) in [7, 11) is 0. The zero-order valence-corrected chi connectivity index (χ0v) is 21.8. The molecule has 6 heteroatoms. The Morgan fingerprint density at radius 1 is 0.811 bits per heavy atom. The first-order chi connectivity index (χ1) is 18.0. The molecule has 37 heavy (non-hydrogen) atoms. The number of rotatable bonds is 11. The molecule has 0 heterocycles. The van der Waals surface area contributed by atoms with Gasteiger partial charge in [0.1, 0.15) is 11.6 Å². The van der Waals surface area contributed by atoms with Gasteiger partial charge in [-0.1, -0.05) is 24.3 Å². The first-order valence-electron chi connectivity index (χ1n) is 13.7. The minimum atomic E-state index is -0.796. The molecule has 0 amide bonds. The van der Waals surface area contributed by atoms with E-state index < -0.39 is 11.6 Å². The highest BCUT2D eigenvalue weighted by atomic mass is 19.2. The fourth-order valence-electron chi connectivity index (χ4n) is 5.74. The van der Waals surface area contributed by atoms with Crippen LogP contribution in [0.4, 0.5) is 13.2 Å². The Morgan fingerprint density at radius 2 is 1.43 bits per heavy atom. The maximum Gasteiger partial charge on any atom is 0.164 e. The highest BCUT2D eigenvalue weighted by molar-refractivity contribution is 5.32. The van der Waals surface area contributed by atoms with Crippen molar-refractivity contribution in [1.29, 1.82) is 0 Å². The van der Waals surface area contributed by atoms with E-state index in [1.54, 1.807) is 18.2 Å². The van der Waals surface area contributed by atoms with Gasteiger partial charge in [0.25, 0.3) is 0 Å². The predicted molar refractivity (Wildman–Crippen MR) is 139 cm³/mol. The summed E-state index contributed by atoms with van der Waals surface area (Å²) in [4.78, 5) is 0. The Morgan fingerprint density at radius 3 is 2.05 bits per heavy atom. The van der Waals surface area contributed by atoms with Gasteiger partial charge >= 0.3 is 0 Å². The first kappa shape index (κ1) is 27.7. The third kappa shape index (κ3) is 7.17. The monoisotopic (exact) mass is 516 g/mol. The van der Waals surface area contributed by atoms with E-state index in [4.69, 9.17) is 14.2 Å². The zero-order chi connectivity index (χ0) is 26.2. The molecule has 2 aromatic rings. The highest BCUT2D eigenvalue weighted by Crippen LogP contribution is 2.38. The van der Waals surface area contributed by atoms with E-state index in [2.05, 4.69) is 6.58 Å². The Labute approximate surface area is 219 Å². The number of benzene rings is 2. The molecule has 4 rings (SSSR count).